The van der Waals surface area contributed by atoms with Crippen LogP contribution in [0.25, 0.3) is 43.2 Å². The quantitative estimate of drug-likeness (QED) is 0.0962. The number of hydrogen-bond acceptors (Lipinski definition) is 5. The number of thiophene rings is 1. The Hall–Kier alpha value is -3.18. The second kappa shape index (κ2) is 15.8. The molecule has 0 saturated heterocycles. The van der Waals surface area contributed by atoms with Crippen LogP contribution in [0.3, 0.4) is 0 Å². The molecule has 47 heavy (non-hydrogen) atoms. The average Bonchev–Trinajstić information content (AvgIpc) is 3.45. The van der Waals surface area contributed by atoms with Crippen molar-refractivity contribution >= 4 is 38.0 Å². The van der Waals surface area contributed by atoms with Gasteiger partial charge < -0.3 is 5.11 Å². The van der Waals surface area contributed by atoms with Gasteiger partial charge in [0.25, 0.3) is 0 Å². The van der Waals surface area contributed by atoms with Gasteiger partial charge in [0, 0.05) is 82.5 Å². The smallest absolute Gasteiger partial charge is 0.162 e. The molecule has 0 amide bonds. The van der Waals surface area contributed by atoms with Crippen molar-refractivity contribution in [1.29, 1.82) is 0 Å². The fourth-order valence-electron chi connectivity index (χ4n) is 6.59. The summed E-state index contributed by atoms with van der Waals surface area (Å²) >= 11 is 1.89. The van der Waals surface area contributed by atoms with Gasteiger partial charge in [0.05, 0.1) is 5.76 Å². The zero-order valence-electron chi connectivity index (χ0n) is 28.7. The number of aryl methyl sites for hydroxylation is 2. The molecule has 6 rings (SSSR count). The van der Waals surface area contributed by atoms with Gasteiger partial charge in [-0.05, 0) is 61.5 Å². The maximum atomic E-state index is 11.7. The molecule has 6 heteroatoms. The van der Waals surface area contributed by atoms with Crippen LogP contribution in [0.5, 0.6) is 0 Å². The van der Waals surface area contributed by atoms with Crippen LogP contribution in [0, 0.1) is 17.9 Å². The molecule has 3 aromatic heterocycles. The molecule has 3 heterocycles. The molecule has 0 bridgehead atoms. The number of aliphatic hydroxyl groups is 1. The number of carbonyl (C=O) groups excluding carboxylic acids is 1. The van der Waals surface area contributed by atoms with Crippen molar-refractivity contribution in [2.75, 3.05) is 0 Å². The third kappa shape index (κ3) is 7.77. The molecule has 249 valence electrons. The van der Waals surface area contributed by atoms with Crippen LogP contribution < -0.4 is 0 Å². The molecular formula is C41H47IrN2O2S-. The number of nitrogens with zero attached hydrogens (tertiary/aromatic N) is 2. The van der Waals surface area contributed by atoms with Gasteiger partial charge in [0.2, 0.25) is 0 Å². The maximum absolute atomic E-state index is 11.7. The summed E-state index contributed by atoms with van der Waals surface area (Å²) in [6.07, 6.45) is 10.8. The van der Waals surface area contributed by atoms with E-state index in [4.69, 9.17) is 4.98 Å². The summed E-state index contributed by atoms with van der Waals surface area (Å²) in [5.41, 5.74) is 7.35. The first-order valence-corrected chi connectivity index (χ1v) is 17.7. The second-order valence-corrected chi connectivity index (χ2v) is 14.4. The van der Waals surface area contributed by atoms with Crippen LogP contribution in [0.4, 0.5) is 0 Å². The Balaban J connectivity index is 0.000000269. The van der Waals surface area contributed by atoms with E-state index in [0.29, 0.717) is 0 Å². The fourth-order valence-corrected chi connectivity index (χ4v) is 7.90. The number of allylic oxidation sites excluding steroid dienone is 2. The van der Waals surface area contributed by atoms with Gasteiger partial charge in [-0.25, -0.2) is 0 Å². The minimum atomic E-state index is 0. The summed E-state index contributed by atoms with van der Waals surface area (Å²) in [5, 5.41) is 13.5. The van der Waals surface area contributed by atoms with E-state index in [1.54, 1.807) is 0 Å². The molecule has 1 aliphatic carbocycles. The molecule has 1 aliphatic rings. The van der Waals surface area contributed by atoms with E-state index in [2.05, 4.69) is 74.3 Å². The summed E-state index contributed by atoms with van der Waals surface area (Å²) in [4.78, 5) is 22.7. The Bertz CT molecular complexity index is 1880. The average molecular weight is 824 g/mol. The van der Waals surface area contributed by atoms with Crippen molar-refractivity contribution in [3.05, 3.63) is 95.0 Å². The molecule has 1 radical (unpaired) electrons. The molecule has 0 spiro atoms. The molecule has 0 unspecified atom stereocenters. The molecule has 0 aliphatic heterocycles. The molecule has 0 fully saturated rings. The van der Waals surface area contributed by atoms with Gasteiger partial charge in [0.1, 0.15) is 0 Å². The molecule has 4 nitrogen and oxygen atoms in total. The van der Waals surface area contributed by atoms with Crippen LogP contribution in [-0.4, -0.2) is 20.9 Å². The molecular weight excluding hydrogens is 777 g/mol. The second-order valence-electron chi connectivity index (χ2n) is 13.3. The molecule has 0 atom stereocenters. The monoisotopic (exact) mass is 824 g/mol. The van der Waals surface area contributed by atoms with Crippen molar-refractivity contribution in [2.45, 2.75) is 92.4 Å². The number of fused-ring (bicyclic) bond motifs is 6. The van der Waals surface area contributed by atoms with E-state index in [1.165, 1.54) is 48.8 Å². The number of aromatic nitrogens is 2. The first kappa shape index (κ1) is 36.7. The van der Waals surface area contributed by atoms with Gasteiger partial charge in [0.15, 0.2) is 5.78 Å². The van der Waals surface area contributed by atoms with E-state index in [-0.39, 0.29) is 48.9 Å². The molecule has 5 aromatic rings. The zero-order chi connectivity index (χ0) is 33.0. The number of aliphatic hydroxyl groups excluding tert-OH is 1. The van der Waals surface area contributed by atoms with Crippen molar-refractivity contribution in [3.8, 4) is 22.4 Å². The summed E-state index contributed by atoms with van der Waals surface area (Å²) in [6, 6.07) is 21.0. The summed E-state index contributed by atoms with van der Waals surface area (Å²) in [6.45, 7) is 14.9. The van der Waals surface area contributed by atoms with Crippen molar-refractivity contribution < 1.29 is 30.0 Å². The zero-order valence-corrected chi connectivity index (χ0v) is 32.0. The predicted molar refractivity (Wildman–Crippen MR) is 195 cm³/mol. The van der Waals surface area contributed by atoms with Crippen LogP contribution >= 0.6 is 11.3 Å². The van der Waals surface area contributed by atoms with Gasteiger partial charge in [-0.3, -0.25) is 14.8 Å². The summed E-state index contributed by atoms with van der Waals surface area (Å²) in [7, 11) is 0. The minimum Gasteiger partial charge on any atom is -0.512 e. The first-order valence-electron chi connectivity index (χ1n) is 16.9. The van der Waals surface area contributed by atoms with Gasteiger partial charge in [-0.1, -0.05) is 83.7 Å². The number of pyridine rings is 2. The molecule has 1 N–H and O–H groups in total. The number of carbonyl (C=O) groups is 1. The van der Waals surface area contributed by atoms with Crippen molar-refractivity contribution in [2.24, 2.45) is 11.8 Å². The van der Waals surface area contributed by atoms with E-state index in [1.807, 2.05) is 57.5 Å². The summed E-state index contributed by atoms with van der Waals surface area (Å²) in [5.74, 6) is 0.547. The summed E-state index contributed by atoms with van der Waals surface area (Å²) < 4.78 is 1.26. The predicted octanol–water partition coefficient (Wildman–Crippen LogP) is 11.2. The maximum Gasteiger partial charge on any atom is 0.162 e. The Morgan fingerprint density at radius 3 is 2.30 bits per heavy atom. The Kier molecular flexibility index (Phi) is 12.3. The van der Waals surface area contributed by atoms with Crippen molar-refractivity contribution in [3.63, 3.8) is 0 Å². The Labute approximate surface area is 298 Å². The Morgan fingerprint density at radius 1 is 0.915 bits per heavy atom. The standard InChI is InChI=1S/C28H23N2S.C13H24O2.Ir/c1-28(2,3)22-16-18(15-17-7-4-5-8-19(17)22)26-27-21(12-14-30-26)25-20-9-6-13-29-23(20)10-11-24(25)31-27;1-5-10(6-2)12(14)9-13(15)11(7-3)8-4;/h4-9,12-14,16H,10-11H2,1-3H3;9-11,14H,5-8H2,1-4H3;/q-1;;/b;12-9-;. The van der Waals surface area contributed by atoms with Crippen LogP contribution in [0.15, 0.2) is 72.8 Å². The molecule has 0 saturated carbocycles. The van der Waals surface area contributed by atoms with Crippen LogP contribution in [0.1, 0.15) is 90.3 Å². The van der Waals surface area contributed by atoms with Gasteiger partial charge in [-0.15, -0.1) is 40.5 Å². The largest absolute Gasteiger partial charge is 0.512 e. The van der Waals surface area contributed by atoms with Crippen LogP contribution in [-0.2, 0) is 43.2 Å². The molecule has 2 aromatic carbocycles. The van der Waals surface area contributed by atoms with E-state index in [9.17, 15) is 9.90 Å². The van der Waals surface area contributed by atoms with Crippen LogP contribution in [0.2, 0.25) is 0 Å². The van der Waals surface area contributed by atoms with Gasteiger partial charge in [-0.2, -0.15) is 0 Å². The van der Waals surface area contributed by atoms with E-state index in [0.717, 1.165) is 55.2 Å². The number of benzene rings is 2. The topological polar surface area (TPSA) is 63.1 Å². The third-order valence-corrected chi connectivity index (χ3v) is 10.6. The number of rotatable bonds is 8. The SMILES string of the molecule is CC(C)(C)c1cc(-c2nccc3c4c(sc23)CCc2ncccc2-4)[c-]c2ccccc12.CCC(CC)C(=O)/C=C(\O)C(CC)CC.[Ir]. The van der Waals surface area contributed by atoms with Crippen molar-refractivity contribution in [1.82, 2.24) is 9.97 Å². The first-order chi connectivity index (χ1) is 22.1. The Morgan fingerprint density at radius 2 is 1.62 bits per heavy atom. The minimum absolute atomic E-state index is 0. The normalized spacial score (nSPS) is 12.8. The third-order valence-electron chi connectivity index (χ3n) is 9.35. The van der Waals surface area contributed by atoms with E-state index >= 15 is 0 Å². The number of ketones is 1. The van der Waals surface area contributed by atoms with Gasteiger partial charge >= 0.3 is 0 Å². The number of hydrogen-bond donors (Lipinski definition) is 1. The fraction of sp³-hybridized carbons (Fsp3) is 0.390. The van der Waals surface area contributed by atoms with E-state index < -0.39 is 0 Å².